The predicted molar refractivity (Wildman–Crippen MR) is 139 cm³/mol. The molecule has 2 aromatic rings. The zero-order chi connectivity index (χ0) is 26.7. The summed E-state index contributed by atoms with van der Waals surface area (Å²) in [5.74, 6) is -2.92. The van der Waals surface area contributed by atoms with Gasteiger partial charge in [-0.15, -0.1) is 11.8 Å². The van der Waals surface area contributed by atoms with Gasteiger partial charge in [-0.25, -0.2) is 9.59 Å². The lowest BCUT2D eigenvalue weighted by molar-refractivity contribution is -0.139. The number of esters is 2. The van der Waals surface area contributed by atoms with Gasteiger partial charge in [0.05, 0.1) is 47.9 Å². The van der Waals surface area contributed by atoms with Crippen LogP contribution in [0.2, 0.25) is 0 Å². The number of carbonyl (C=O) groups excluding carboxylic acids is 4. The molecular formula is C28H28N2O6S. The second-order valence-electron chi connectivity index (χ2n) is 8.41. The summed E-state index contributed by atoms with van der Waals surface area (Å²) in [6.07, 6.45) is 1.91. The third kappa shape index (κ3) is 4.79. The number of nitrogens with one attached hydrogen (secondary N) is 1. The number of imide groups is 1. The quantitative estimate of drug-likeness (QED) is 0.316. The highest BCUT2D eigenvalue weighted by atomic mass is 32.2. The van der Waals surface area contributed by atoms with Crippen LogP contribution in [0.4, 0.5) is 0 Å². The van der Waals surface area contributed by atoms with E-state index < -0.39 is 29.7 Å². The first kappa shape index (κ1) is 26.2. The van der Waals surface area contributed by atoms with Crippen molar-refractivity contribution in [3.05, 3.63) is 87.8 Å². The zero-order valence-electron chi connectivity index (χ0n) is 21.1. The van der Waals surface area contributed by atoms with Crippen LogP contribution in [0.15, 0.2) is 76.0 Å². The maximum Gasteiger partial charge on any atom is 0.336 e. The molecule has 4 rings (SSSR count). The van der Waals surface area contributed by atoms with Crippen LogP contribution in [-0.4, -0.2) is 54.7 Å². The van der Waals surface area contributed by atoms with E-state index in [1.54, 1.807) is 45.0 Å². The Hall–Kier alpha value is -3.85. The van der Waals surface area contributed by atoms with Gasteiger partial charge < -0.3 is 14.8 Å². The Morgan fingerprint density at radius 1 is 0.892 bits per heavy atom. The summed E-state index contributed by atoms with van der Waals surface area (Å²) in [4.78, 5) is 54.9. The van der Waals surface area contributed by atoms with Crippen LogP contribution in [0.25, 0.3) is 0 Å². The third-order valence-corrected chi connectivity index (χ3v) is 7.09. The van der Waals surface area contributed by atoms with Crippen molar-refractivity contribution in [2.24, 2.45) is 0 Å². The molecule has 2 aromatic carbocycles. The molecule has 0 bridgehead atoms. The number of dihydropyridines is 1. The lowest BCUT2D eigenvalue weighted by Crippen LogP contribution is -2.40. The number of rotatable bonds is 8. The van der Waals surface area contributed by atoms with Crippen molar-refractivity contribution in [3.63, 3.8) is 0 Å². The predicted octanol–water partition coefficient (Wildman–Crippen LogP) is 4.05. The highest BCUT2D eigenvalue weighted by Crippen LogP contribution is 2.43. The van der Waals surface area contributed by atoms with Gasteiger partial charge in [0.25, 0.3) is 11.8 Å². The number of ether oxygens (including phenoxy) is 2. The standard InChI is InChI=1S/C28H28N2O6S/c1-5-35-27(33)22-16(3)29-20(15-30-25(31)17-11-7-8-12-18(17)26(30)32)24(28(34)36-6-2)23(22)19-13-9-10-14-21(19)37-4/h7-14,23,29H,5-6,15H2,1-4H3. The highest BCUT2D eigenvalue weighted by Gasteiger charge is 2.42. The molecule has 2 heterocycles. The van der Waals surface area contributed by atoms with E-state index in [1.807, 2.05) is 30.5 Å². The monoisotopic (exact) mass is 520 g/mol. The van der Waals surface area contributed by atoms with Crippen molar-refractivity contribution in [2.45, 2.75) is 31.6 Å². The van der Waals surface area contributed by atoms with Crippen molar-refractivity contribution in [3.8, 4) is 0 Å². The molecule has 0 spiro atoms. The summed E-state index contributed by atoms with van der Waals surface area (Å²) in [5.41, 5.74) is 2.57. The van der Waals surface area contributed by atoms with Crippen LogP contribution in [0.1, 0.15) is 53.0 Å². The van der Waals surface area contributed by atoms with Crippen molar-refractivity contribution < 1.29 is 28.7 Å². The molecule has 8 nitrogen and oxygen atoms in total. The fourth-order valence-electron chi connectivity index (χ4n) is 4.71. The number of allylic oxidation sites excluding steroid dienone is 1. The van der Waals surface area contributed by atoms with Crippen LogP contribution in [0.3, 0.4) is 0 Å². The van der Waals surface area contributed by atoms with Gasteiger partial charge in [0.15, 0.2) is 0 Å². The Morgan fingerprint density at radius 2 is 1.43 bits per heavy atom. The van der Waals surface area contributed by atoms with Gasteiger partial charge in [-0.05, 0) is 50.8 Å². The number of benzene rings is 2. The normalized spacial score (nSPS) is 17.1. The number of carbonyl (C=O) groups is 4. The second-order valence-corrected chi connectivity index (χ2v) is 9.26. The van der Waals surface area contributed by atoms with E-state index in [1.165, 1.54) is 11.8 Å². The average molecular weight is 521 g/mol. The van der Waals surface area contributed by atoms with Crippen molar-refractivity contribution in [1.29, 1.82) is 0 Å². The van der Waals surface area contributed by atoms with E-state index in [0.717, 1.165) is 15.4 Å². The first-order valence-electron chi connectivity index (χ1n) is 12.0. The summed E-state index contributed by atoms with van der Waals surface area (Å²) < 4.78 is 10.8. The Bertz CT molecular complexity index is 1310. The molecule has 1 unspecified atom stereocenters. The minimum Gasteiger partial charge on any atom is -0.463 e. The van der Waals surface area contributed by atoms with E-state index in [2.05, 4.69) is 5.32 Å². The molecule has 37 heavy (non-hydrogen) atoms. The second kappa shape index (κ2) is 11.0. The maximum atomic E-state index is 13.5. The van der Waals surface area contributed by atoms with E-state index in [4.69, 9.17) is 9.47 Å². The minimum atomic E-state index is -0.826. The van der Waals surface area contributed by atoms with E-state index in [-0.39, 0.29) is 30.9 Å². The summed E-state index contributed by atoms with van der Waals surface area (Å²) in [5, 5.41) is 3.13. The molecule has 1 N–H and O–H groups in total. The van der Waals surface area contributed by atoms with Crippen LogP contribution >= 0.6 is 11.8 Å². The van der Waals surface area contributed by atoms with Crippen LogP contribution in [0, 0.1) is 0 Å². The summed E-state index contributed by atoms with van der Waals surface area (Å²) >= 11 is 1.48. The van der Waals surface area contributed by atoms with Crippen molar-refractivity contribution in [1.82, 2.24) is 10.2 Å². The Labute approximate surface area is 219 Å². The van der Waals surface area contributed by atoms with Crippen LogP contribution in [-0.2, 0) is 19.1 Å². The van der Waals surface area contributed by atoms with Gasteiger partial charge in [-0.2, -0.15) is 0 Å². The number of hydrogen-bond donors (Lipinski definition) is 1. The lowest BCUT2D eigenvalue weighted by Gasteiger charge is -2.33. The highest BCUT2D eigenvalue weighted by molar-refractivity contribution is 7.98. The summed E-state index contributed by atoms with van der Waals surface area (Å²) in [6, 6.07) is 14.1. The molecule has 0 saturated carbocycles. The van der Waals surface area contributed by atoms with E-state index in [9.17, 15) is 19.2 Å². The van der Waals surface area contributed by atoms with Gasteiger partial charge >= 0.3 is 11.9 Å². The molecule has 192 valence electrons. The third-order valence-electron chi connectivity index (χ3n) is 6.28. The molecule has 2 aliphatic rings. The number of nitrogens with zero attached hydrogens (tertiary/aromatic N) is 1. The SMILES string of the molecule is CCOC(=O)C1=C(C)NC(CN2C(=O)c3ccccc3C2=O)=C(C(=O)OCC)C1c1ccccc1SC. The maximum absolute atomic E-state index is 13.5. The number of amides is 2. The number of fused-ring (bicyclic) bond motifs is 1. The smallest absolute Gasteiger partial charge is 0.336 e. The van der Waals surface area contributed by atoms with E-state index in [0.29, 0.717) is 22.5 Å². The molecule has 1 atom stereocenters. The van der Waals surface area contributed by atoms with E-state index >= 15 is 0 Å². The Morgan fingerprint density at radius 3 is 2.00 bits per heavy atom. The van der Waals surface area contributed by atoms with Gasteiger partial charge in [0.2, 0.25) is 0 Å². The molecule has 0 aliphatic carbocycles. The topological polar surface area (TPSA) is 102 Å². The molecule has 0 aromatic heterocycles. The molecule has 2 aliphatic heterocycles. The van der Waals surface area contributed by atoms with Crippen molar-refractivity contribution >= 4 is 35.5 Å². The fourth-order valence-corrected chi connectivity index (χ4v) is 5.34. The Balaban J connectivity index is 1.89. The first-order chi connectivity index (χ1) is 17.8. The fraction of sp³-hybridized carbons (Fsp3) is 0.286. The summed E-state index contributed by atoms with van der Waals surface area (Å²) in [6.45, 7) is 5.20. The van der Waals surface area contributed by atoms with Gasteiger partial charge in [-0.1, -0.05) is 30.3 Å². The summed E-state index contributed by atoms with van der Waals surface area (Å²) in [7, 11) is 0. The molecule has 9 heteroatoms. The zero-order valence-corrected chi connectivity index (χ0v) is 21.9. The van der Waals surface area contributed by atoms with Gasteiger partial charge in [0, 0.05) is 16.3 Å². The number of thioether (sulfide) groups is 1. The molecule has 2 amide bonds. The van der Waals surface area contributed by atoms with Gasteiger partial charge in [-0.3, -0.25) is 14.5 Å². The first-order valence-corrected chi connectivity index (χ1v) is 13.2. The molecule has 0 saturated heterocycles. The molecule has 0 radical (unpaired) electrons. The van der Waals surface area contributed by atoms with Crippen LogP contribution < -0.4 is 5.32 Å². The Kier molecular flexibility index (Phi) is 7.83. The van der Waals surface area contributed by atoms with Gasteiger partial charge in [0.1, 0.15) is 0 Å². The lowest BCUT2D eigenvalue weighted by atomic mass is 9.80. The number of hydrogen-bond acceptors (Lipinski definition) is 8. The molecular weight excluding hydrogens is 492 g/mol. The van der Waals surface area contributed by atoms with Crippen molar-refractivity contribution in [2.75, 3.05) is 26.0 Å². The van der Waals surface area contributed by atoms with Crippen LogP contribution in [0.5, 0.6) is 0 Å². The largest absolute Gasteiger partial charge is 0.463 e. The minimum absolute atomic E-state index is 0.108. The molecule has 0 fully saturated rings. The average Bonchev–Trinajstić information content (AvgIpc) is 3.13.